The second-order valence-electron chi connectivity index (χ2n) is 8.55. The van der Waals surface area contributed by atoms with Crippen molar-refractivity contribution in [3.63, 3.8) is 0 Å². The molecular weight excluding hydrogens is 394 g/mol. The highest BCUT2D eigenvalue weighted by atomic mass is 16.5. The van der Waals surface area contributed by atoms with Gasteiger partial charge in [-0.25, -0.2) is 0 Å². The minimum atomic E-state index is -0.114. The predicted octanol–water partition coefficient (Wildman–Crippen LogP) is 2.17. The zero-order valence-corrected chi connectivity index (χ0v) is 17.8. The molecule has 0 bridgehead atoms. The minimum Gasteiger partial charge on any atom is -0.492 e. The lowest BCUT2D eigenvalue weighted by atomic mass is 10.1. The highest BCUT2D eigenvalue weighted by Crippen LogP contribution is 2.31. The number of benzene rings is 1. The summed E-state index contributed by atoms with van der Waals surface area (Å²) in [6.45, 7) is 4.89. The van der Waals surface area contributed by atoms with Crippen molar-refractivity contribution in [3.05, 3.63) is 58.0 Å². The number of carbonyl (C=O) groups is 1. The van der Waals surface area contributed by atoms with Gasteiger partial charge in [-0.1, -0.05) is 18.2 Å². The Bertz CT molecular complexity index is 992. The Labute approximate surface area is 182 Å². The number of nitrogens with zero attached hydrogens (tertiary/aromatic N) is 3. The van der Waals surface area contributed by atoms with E-state index in [0.29, 0.717) is 63.1 Å². The van der Waals surface area contributed by atoms with Gasteiger partial charge in [0.2, 0.25) is 0 Å². The SMILES string of the molecule is O=C(c1c(OCC2CC2)cc(=O)n2c1CCOCC2)N1CCN(c2ccccc2)CC1. The highest BCUT2D eigenvalue weighted by Gasteiger charge is 2.31. The Hall–Kier alpha value is -2.80. The van der Waals surface area contributed by atoms with Gasteiger partial charge in [0.15, 0.2) is 0 Å². The molecule has 5 rings (SSSR count). The van der Waals surface area contributed by atoms with Crippen molar-refractivity contribution < 1.29 is 14.3 Å². The van der Waals surface area contributed by atoms with Gasteiger partial charge in [-0.3, -0.25) is 9.59 Å². The molecular formula is C24H29N3O4. The highest BCUT2D eigenvalue weighted by molar-refractivity contribution is 5.98. The summed E-state index contributed by atoms with van der Waals surface area (Å²) in [5.74, 6) is 0.951. The van der Waals surface area contributed by atoms with Gasteiger partial charge in [0.1, 0.15) is 11.3 Å². The number of aromatic nitrogens is 1. The quantitative estimate of drug-likeness (QED) is 0.738. The summed E-state index contributed by atoms with van der Waals surface area (Å²) in [4.78, 5) is 30.6. The Morgan fingerprint density at radius 2 is 1.81 bits per heavy atom. The molecule has 2 aliphatic heterocycles. The third-order valence-corrected chi connectivity index (χ3v) is 6.40. The number of pyridine rings is 1. The number of piperazine rings is 1. The summed E-state index contributed by atoms with van der Waals surface area (Å²) in [7, 11) is 0. The van der Waals surface area contributed by atoms with E-state index in [2.05, 4.69) is 17.0 Å². The monoisotopic (exact) mass is 423 g/mol. The van der Waals surface area contributed by atoms with Gasteiger partial charge in [-0.2, -0.15) is 0 Å². The summed E-state index contributed by atoms with van der Waals surface area (Å²) >= 11 is 0. The van der Waals surface area contributed by atoms with Crippen molar-refractivity contribution in [2.45, 2.75) is 25.8 Å². The largest absolute Gasteiger partial charge is 0.492 e. The third-order valence-electron chi connectivity index (χ3n) is 6.40. The van der Waals surface area contributed by atoms with Crippen LogP contribution in [0.1, 0.15) is 28.9 Å². The van der Waals surface area contributed by atoms with Crippen molar-refractivity contribution >= 4 is 11.6 Å². The van der Waals surface area contributed by atoms with Crippen molar-refractivity contribution in [1.29, 1.82) is 0 Å². The van der Waals surface area contributed by atoms with E-state index >= 15 is 0 Å². The van der Waals surface area contributed by atoms with Gasteiger partial charge in [0.05, 0.1) is 19.8 Å². The Morgan fingerprint density at radius 1 is 1.03 bits per heavy atom. The van der Waals surface area contributed by atoms with Gasteiger partial charge in [-0.05, 0) is 30.9 Å². The molecule has 7 nitrogen and oxygen atoms in total. The van der Waals surface area contributed by atoms with E-state index in [0.717, 1.165) is 31.6 Å². The first-order chi connectivity index (χ1) is 15.2. The standard InChI is InChI=1S/C24H29N3O4/c28-22-16-21(31-17-18-6-7-18)23(20-8-14-30-15-13-27(20)22)24(29)26-11-9-25(10-12-26)19-4-2-1-3-5-19/h1-5,16,18H,6-15,17H2. The van der Waals surface area contributed by atoms with Crippen molar-refractivity contribution in [2.24, 2.45) is 5.92 Å². The molecule has 1 aromatic heterocycles. The molecule has 2 fully saturated rings. The number of amides is 1. The molecule has 1 saturated carbocycles. The molecule has 1 saturated heterocycles. The zero-order valence-electron chi connectivity index (χ0n) is 17.8. The van der Waals surface area contributed by atoms with Gasteiger partial charge >= 0.3 is 0 Å². The fourth-order valence-corrected chi connectivity index (χ4v) is 4.40. The Kier molecular flexibility index (Phi) is 5.68. The molecule has 3 aliphatic rings. The van der Waals surface area contributed by atoms with E-state index in [-0.39, 0.29) is 11.5 Å². The molecule has 0 unspecified atom stereocenters. The summed E-state index contributed by atoms with van der Waals surface area (Å²) in [6.07, 6.45) is 2.85. The average molecular weight is 424 g/mol. The van der Waals surface area contributed by atoms with Crippen LogP contribution in [-0.2, 0) is 17.7 Å². The van der Waals surface area contributed by atoms with Crippen LogP contribution in [0.15, 0.2) is 41.2 Å². The zero-order chi connectivity index (χ0) is 21.2. The van der Waals surface area contributed by atoms with Crippen LogP contribution >= 0.6 is 0 Å². The lowest BCUT2D eigenvalue weighted by Gasteiger charge is -2.36. The second kappa shape index (κ2) is 8.75. The fraction of sp³-hybridized carbons (Fsp3) is 0.500. The third kappa shape index (κ3) is 4.32. The van der Waals surface area contributed by atoms with Crippen LogP contribution in [0.5, 0.6) is 5.75 Å². The van der Waals surface area contributed by atoms with E-state index in [4.69, 9.17) is 9.47 Å². The van der Waals surface area contributed by atoms with Gasteiger partial charge in [-0.15, -0.1) is 0 Å². The summed E-state index contributed by atoms with van der Waals surface area (Å²) in [5.41, 5.74) is 2.38. The van der Waals surface area contributed by atoms with Crippen LogP contribution in [-0.4, -0.2) is 61.4 Å². The molecule has 3 heterocycles. The number of rotatable bonds is 5. The van der Waals surface area contributed by atoms with Crippen LogP contribution in [0.4, 0.5) is 5.69 Å². The maximum atomic E-state index is 13.7. The Morgan fingerprint density at radius 3 is 2.55 bits per heavy atom. The number of anilines is 1. The molecule has 1 aromatic carbocycles. The number of ether oxygens (including phenoxy) is 2. The first kappa shape index (κ1) is 20.1. The number of hydrogen-bond donors (Lipinski definition) is 0. The minimum absolute atomic E-state index is 0.0378. The molecule has 1 amide bonds. The van der Waals surface area contributed by atoms with Crippen LogP contribution in [0.3, 0.4) is 0 Å². The molecule has 0 spiro atoms. The average Bonchev–Trinajstić information content (AvgIpc) is 3.65. The molecule has 31 heavy (non-hydrogen) atoms. The van der Waals surface area contributed by atoms with Crippen LogP contribution in [0.2, 0.25) is 0 Å². The number of para-hydroxylation sites is 1. The smallest absolute Gasteiger partial charge is 0.259 e. The van der Waals surface area contributed by atoms with Crippen LogP contribution in [0.25, 0.3) is 0 Å². The van der Waals surface area contributed by atoms with E-state index < -0.39 is 0 Å². The van der Waals surface area contributed by atoms with Crippen molar-refractivity contribution in [1.82, 2.24) is 9.47 Å². The summed E-state index contributed by atoms with van der Waals surface area (Å²) < 4.78 is 13.3. The molecule has 0 atom stereocenters. The van der Waals surface area contributed by atoms with Crippen molar-refractivity contribution in [3.8, 4) is 5.75 Å². The predicted molar refractivity (Wildman–Crippen MR) is 118 cm³/mol. The van der Waals surface area contributed by atoms with E-state index in [1.54, 1.807) is 4.57 Å². The first-order valence-electron chi connectivity index (χ1n) is 11.3. The van der Waals surface area contributed by atoms with Crippen molar-refractivity contribution in [2.75, 3.05) is 50.9 Å². The van der Waals surface area contributed by atoms with E-state index in [1.165, 1.54) is 11.8 Å². The molecule has 2 aromatic rings. The van der Waals surface area contributed by atoms with E-state index in [1.807, 2.05) is 23.1 Å². The molecule has 164 valence electrons. The lowest BCUT2D eigenvalue weighted by molar-refractivity contribution is 0.0739. The van der Waals surface area contributed by atoms with Gasteiger partial charge in [0.25, 0.3) is 11.5 Å². The van der Waals surface area contributed by atoms with Crippen LogP contribution in [0, 0.1) is 5.92 Å². The molecule has 1 aliphatic carbocycles. The normalized spacial score (nSPS) is 19.0. The maximum Gasteiger partial charge on any atom is 0.259 e. The second-order valence-corrected chi connectivity index (χ2v) is 8.55. The number of carbonyl (C=O) groups excluding carboxylic acids is 1. The first-order valence-corrected chi connectivity index (χ1v) is 11.3. The molecule has 7 heteroatoms. The van der Waals surface area contributed by atoms with Gasteiger partial charge < -0.3 is 23.8 Å². The summed E-state index contributed by atoms with van der Waals surface area (Å²) in [6, 6.07) is 11.8. The van der Waals surface area contributed by atoms with E-state index in [9.17, 15) is 9.59 Å². The number of fused-ring (bicyclic) bond motifs is 1. The van der Waals surface area contributed by atoms with Crippen LogP contribution < -0.4 is 15.2 Å². The molecule has 0 radical (unpaired) electrons. The fourth-order valence-electron chi connectivity index (χ4n) is 4.40. The van der Waals surface area contributed by atoms with Gasteiger partial charge in [0, 0.05) is 56.6 Å². The number of hydrogen-bond acceptors (Lipinski definition) is 5. The topological polar surface area (TPSA) is 64.0 Å². The maximum absolute atomic E-state index is 13.7. The Balaban J connectivity index is 1.41. The summed E-state index contributed by atoms with van der Waals surface area (Å²) in [5, 5.41) is 0. The molecule has 0 N–H and O–H groups in total. The lowest BCUT2D eigenvalue weighted by Crippen LogP contribution is -2.49.